The number of ether oxygens (including phenoxy) is 3. The van der Waals surface area contributed by atoms with Gasteiger partial charge in [-0.1, -0.05) is 11.2 Å². The van der Waals surface area contributed by atoms with E-state index in [9.17, 15) is 8.42 Å². The molecule has 0 spiro atoms. The smallest absolute Gasteiger partial charge is 0.243 e. The monoisotopic (exact) mass is 557 g/mol. The highest BCUT2D eigenvalue weighted by Crippen LogP contribution is 2.38. The van der Waals surface area contributed by atoms with Crippen molar-refractivity contribution in [2.45, 2.75) is 52.1 Å². The lowest BCUT2D eigenvalue weighted by atomic mass is 10.2. The first-order valence-corrected chi connectivity index (χ1v) is 13.7. The minimum Gasteiger partial charge on any atom is -0.494 e. The second-order valence-corrected chi connectivity index (χ2v) is 11.1. The fourth-order valence-electron chi connectivity index (χ4n) is 3.90. The summed E-state index contributed by atoms with van der Waals surface area (Å²) in [5.74, 6) is 1.41. The minimum atomic E-state index is -4.14. The Hall–Kier alpha value is -4.04. The van der Waals surface area contributed by atoms with Gasteiger partial charge in [-0.15, -0.1) is 10.2 Å². The average Bonchev–Trinajstić information content (AvgIpc) is 3.52. The summed E-state index contributed by atoms with van der Waals surface area (Å²) in [5.41, 5.74) is 1.79. The zero-order valence-corrected chi connectivity index (χ0v) is 23.6. The lowest BCUT2D eigenvalue weighted by Crippen LogP contribution is -2.34. The number of benzene rings is 1. The topological polar surface area (TPSA) is 156 Å². The van der Waals surface area contributed by atoms with Crippen LogP contribution in [0.4, 0.5) is 5.95 Å². The van der Waals surface area contributed by atoms with Crippen LogP contribution in [0.3, 0.4) is 0 Å². The van der Waals surface area contributed by atoms with E-state index < -0.39 is 21.4 Å². The van der Waals surface area contributed by atoms with Crippen molar-refractivity contribution < 1.29 is 27.2 Å². The summed E-state index contributed by atoms with van der Waals surface area (Å²) in [5, 5.41) is 11.3. The molecule has 208 valence electrons. The second-order valence-electron chi connectivity index (χ2n) is 9.06. The van der Waals surface area contributed by atoms with Gasteiger partial charge in [0.2, 0.25) is 16.0 Å². The van der Waals surface area contributed by atoms with Crippen molar-refractivity contribution >= 4 is 16.0 Å². The SMILES string of the molecule is COc1cccc(OC)c1-n1c(NS(=O)(=O)[C@@H](C)[C@@H](OC(C)C)c2cnc(C)cn2)nnc1-c1cc(C)on1. The van der Waals surface area contributed by atoms with Crippen LogP contribution in [0.5, 0.6) is 11.5 Å². The maximum Gasteiger partial charge on any atom is 0.243 e. The van der Waals surface area contributed by atoms with Crippen LogP contribution >= 0.6 is 0 Å². The summed E-state index contributed by atoms with van der Waals surface area (Å²) in [6, 6.07) is 6.82. The summed E-state index contributed by atoms with van der Waals surface area (Å²) >= 11 is 0. The van der Waals surface area contributed by atoms with Crippen molar-refractivity contribution in [1.29, 1.82) is 0 Å². The molecule has 13 nitrogen and oxygen atoms in total. The van der Waals surface area contributed by atoms with Gasteiger partial charge in [0, 0.05) is 12.3 Å². The van der Waals surface area contributed by atoms with Crippen molar-refractivity contribution in [2.75, 3.05) is 18.9 Å². The minimum absolute atomic E-state index is 0.112. The highest BCUT2D eigenvalue weighted by molar-refractivity contribution is 7.93. The van der Waals surface area contributed by atoms with Crippen molar-refractivity contribution in [2.24, 2.45) is 0 Å². The number of rotatable bonds is 11. The molecule has 1 aromatic carbocycles. The fraction of sp³-hybridized carbons (Fsp3) is 0.400. The highest BCUT2D eigenvalue weighted by Gasteiger charge is 2.35. The molecule has 14 heteroatoms. The van der Waals surface area contributed by atoms with Crippen LogP contribution in [0, 0.1) is 13.8 Å². The van der Waals surface area contributed by atoms with Gasteiger partial charge in [0.15, 0.2) is 11.5 Å². The fourth-order valence-corrected chi connectivity index (χ4v) is 5.00. The van der Waals surface area contributed by atoms with E-state index in [1.165, 1.54) is 31.9 Å². The molecule has 0 aliphatic heterocycles. The quantitative estimate of drug-likeness (QED) is 0.287. The van der Waals surface area contributed by atoms with E-state index in [2.05, 4.69) is 30.0 Å². The van der Waals surface area contributed by atoms with Crippen LogP contribution in [0.2, 0.25) is 0 Å². The third-order valence-corrected chi connectivity index (χ3v) is 7.50. The third kappa shape index (κ3) is 5.86. The summed E-state index contributed by atoms with van der Waals surface area (Å²) in [4.78, 5) is 8.62. The molecule has 3 heterocycles. The third-order valence-electron chi connectivity index (χ3n) is 5.81. The van der Waals surface area contributed by atoms with Gasteiger partial charge in [0.25, 0.3) is 0 Å². The van der Waals surface area contributed by atoms with Crippen LogP contribution in [0.25, 0.3) is 17.2 Å². The molecule has 0 bridgehead atoms. The van der Waals surface area contributed by atoms with E-state index in [1.807, 2.05) is 13.8 Å². The molecule has 0 aliphatic carbocycles. The molecule has 2 atom stereocenters. The molecule has 0 saturated carbocycles. The summed E-state index contributed by atoms with van der Waals surface area (Å²) in [7, 11) is -1.16. The summed E-state index contributed by atoms with van der Waals surface area (Å²) in [6.45, 7) is 8.69. The van der Waals surface area contributed by atoms with Crippen molar-refractivity contribution in [3.63, 3.8) is 0 Å². The molecule has 39 heavy (non-hydrogen) atoms. The van der Waals surface area contributed by atoms with E-state index in [0.29, 0.717) is 40.0 Å². The predicted molar refractivity (Wildman–Crippen MR) is 142 cm³/mol. The first kappa shape index (κ1) is 28.0. The Balaban J connectivity index is 1.83. The number of aryl methyl sites for hydroxylation is 2. The van der Waals surface area contributed by atoms with Crippen LogP contribution < -0.4 is 14.2 Å². The van der Waals surface area contributed by atoms with E-state index in [1.54, 1.807) is 44.3 Å². The van der Waals surface area contributed by atoms with Crippen molar-refractivity contribution in [1.82, 2.24) is 29.9 Å². The highest BCUT2D eigenvalue weighted by atomic mass is 32.2. The van der Waals surface area contributed by atoms with Gasteiger partial charge in [-0.3, -0.25) is 19.3 Å². The summed E-state index contributed by atoms with van der Waals surface area (Å²) in [6.07, 6.45) is 1.89. The number of nitrogens with zero attached hydrogens (tertiary/aromatic N) is 6. The zero-order valence-electron chi connectivity index (χ0n) is 22.7. The van der Waals surface area contributed by atoms with E-state index in [4.69, 9.17) is 18.7 Å². The van der Waals surface area contributed by atoms with Gasteiger partial charge in [0.05, 0.1) is 37.9 Å². The van der Waals surface area contributed by atoms with Gasteiger partial charge >= 0.3 is 0 Å². The van der Waals surface area contributed by atoms with Crippen LogP contribution in [-0.4, -0.2) is 63.9 Å². The standard InChI is InChI=1S/C25H31N7O6S/c1-14(2)37-23(19-13-26-15(3)12-27-19)17(5)39(33,34)31-25-29-28-24(18-11-16(4)38-30-18)32(25)22-20(35-6)9-8-10-21(22)36-7/h8-14,17,23H,1-7H3,(H,29,31)/t17-,23+/m0/s1. The summed E-state index contributed by atoms with van der Waals surface area (Å²) < 4.78 is 54.0. The normalized spacial score (nSPS) is 13.3. The molecule has 3 aromatic heterocycles. The first-order valence-electron chi connectivity index (χ1n) is 12.1. The molecule has 0 saturated heterocycles. The molecular weight excluding hydrogens is 526 g/mol. The number of aromatic nitrogens is 6. The molecule has 4 rings (SSSR count). The van der Waals surface area contributed by atoms with Crippen molar-refractivity contribution in [3.8, 4) is 28.7 Å². The number of methoxy groups -OCH3 is 2. The first-order chi connectivity index (χ1) is 18.6. The van der Waals surface area contributed by atoms with Gasteiger partial charge in [-0.2, -0.15) is 0 Å². The number of anilines is 1. The Morgan fingerprint density at radius 1 is 1.00 bits per heavy atom. The molecule has 1 N–H and O–H groups in total. The molecule has 0 amide bonds. The Bertz CT molecular complexity index is 1510. The number of hydrogen-bond acceptors (Lipinski definition) is 11. The number of sulfonamides is 1. The largest absolute Gasteiger partial charge is 0.494 e. The molecule has 0 radical (unpaired) electrons. The lowest BCUT2D eigenvalue weighted by Gasteiger charge is -2.26. The molecule has 4 aromatic rings. The van der Waals surface area contributed by atoms with E-state index in [0.717, 1.165) is 0 Å². The zero-order chi connectivity index (χ0) is 28.3. The molecule has 0 aliphatic rings. The van der Waals surface area contributed by atoms with Crippen LogP contribution in [-0.2, 0) is 14.8 Å². The maximum absolute atomic E-state index is 13.8. The molecular formula is C25H31N7O6S. The van der Waals surface area contributed by atoms with E-state index >= 15 is 0 Å². The van der Waals surface area contributed by atoms with Crippen molar-refractivity contribution in [3.05, 3.63) is 53.8 Å². The number of hydrogen-bond donors (Lipinski definition) is 1. The Labute approximate surface area is 226 Å². The van der Waals surface area contributed by atoms with Gasteiger partial charge in [-0.05, 0) is 46.8 Å². The molecule has 0 unspecified atom stereocenters. The predicted octanol–water partition coefficient (Wildman–Crippen LogP) is 3.64. The Morgan fingerprint density at radius 2 is 1.69 bits per heavy atom. The van der Waals surface area contributed by atoms with Gasteiger partial charge in [0.1, 0.15) is 34.3 Å². The lowest BCUT2D eigenvalue weighted by molar-refractivity contribution is 0.00394. The number of nitrogens with one attached hydrogen (secondary N) is 1. The van der Waals surface area contributed by atoms with Gasteiger partial charge in [-0.25, -0.2) is 8.42 Å². The van der Waals surface area contributed by atoms with Crippen LogP contribution in [0.15, 0.2) is 41.2 Å². The number of para-hydroxylation sites is 1. The Morgan fingerprint density at radius 3 is 2.23 bits per heavy atom. The average molecular weight is 558 g/mol. The van der Waals surface area contributed by atoms with Crippen LogP contribution in [0.1, 0.15) is 44.0 Å². The molecule has 0 fully saturated rings. The van der Waals surface area contributed by atoms with E-state index in [-0.39, 0.29) is 17.9 Å². The second kappa shape index (κ2) is 11.4. The maximum atomic E-state index is 13.8. The van der Waals surface area contributed by atoms with Gasteiger partial charge < -0.3 is 18.7 Å². The Kier molecular flexibility index (Phi) is 8.16.